The number of carbonyl (C=O) groups excluding carboxylic acids is 1. The van der Waals surface area contributed by atoms with Crippen LogP contribution in [0.2, 0.25) is 5.02 Å². The molecule has 140 valence electrons. The second-order valence-corrected chi connectivity index (χ2v) is 8.52. The summed E-state index contributed by atoms with van der Waals surface area (Å²) in [5.41, 5.74) is 2.53. The van der Waals surface area contributed by atoms with Gasteiger partial charge in [-0.25, -0.2) is 0 Å². The molecule has 0 saturated heterocycles. The van der Waals surface area contributed by atoms with Crippen molar-refractivity contribution in [2.24, 2.45) is 0 Å². The largest absolute Gasteiger partial charge is 0.492 e. The molecule has 2 aromatic carbocycles. The van der Waals surface area contributed by atoms with E-state index in [9.17, 15) is 4.79 Å². The minimum absolute atomic E-state index is 0.0173. The Labute approximate surface area is 165 Å². The maximum absolute atomic E-state index is 11.9. The number of amides is 1. The van der Waals surface area contributed by atoms with Gasteiger partial charge in [0.2, 0.25) is 5.91 Å². The van der Waals surface area contributed by atoms with Crippen LogP contribution in [0.25, 0.3) is 0 Å². The van der Waals surface area contributed by atoms with Gasteiger partial charge in [-0.15, -0.1) is 11.8 Å². The Balaban J connectivity index is 1.61. The van der Waals surface area contributed by atoms with Crippen LogP contribution in [0.1, 0.15) is 31.9 Å². The van der Waals surface area contributed by atoms with Crippen molar-refractivity contribution in [2.75, 3.05) is 18.9 Å². The highest BCUT2D eigenvalue weighted by atomic mass is 35.5. The Kier molecular flexibility index (Phi) is 7.85. The predicted molar refractivity (Wildman–Crippen MR) is 111 cm³/mol. The van der Waals surface area contributed by atoms with E-state index in [0.29, 0.717) is 18.9 Å². The van der Waals surface area contributed by atoms with Crippen LogP contribution in [0.5, 0.6) is 5.75 Å². The molecule has 0 atom stereocenters. The zero-order valence-corrected chi connectivity index (χ0v) is 17.1. The lowest BCUT2D eigenvalue weighted by molar-refractivity contribution is -0.118. The first-order chi connectivity index (χ1) is 12.3. The lowest BCUT2D eigenvalue weighted by Crippen LogP contribution is -2.29. The first kappa shape index (κ1) is 20.7. The van der Waals surface area contributed by atoms with Gasteiger partial charge >= 0.3 is 0 Å². The van der Waals surface area contributed by atoms with Gasteiger partial charge in [0.05, 0.1) is 12.3 Å². The van der Waals surface area contributed by atoms with Gasteiger partial charge in [-0.05, 0) is 40.8 Å². The van der Waals surface area contributed by atoms with E-state index in [0.717, 1.165) is 22.1 Å². The van der Waals surface area contributed by atoms with Gasteiger partial charge in [-0.2, -0.15) is 0 Å². The maximum Gasteiger partial charge on any atom is 0.230 e. The lowest BCUT2D eigenvalue weighted by Gasteiger charge is -2.19. The number of rotatable bonds is 8. The highest BCUT2D eigenvalue weighted by Crippen LogP contribution is 2.24. The van der Waals surface area contributed by atoms with Gasteiger partial charge in [-0.1, -0.05) is 56.6 Å². The maximum atomic E-state index is 11.9. The first-order valence-electron chi connectivity index (χ1n) is 8.67. The molecule has 3 nitrogen and oxygen atoms in total. The zero-order chi connectivity index (χ0) is 19.0. The molecule has 0 saturated carbocycles. The van der Waals surface area contributed by atoms with Gasteiger partial charge in [0.15, 0.2) is 0 Å². The van der Waals surface area contributed by atoms with Gasteiger partial charge in [0.1, 0.15) is 12.4 Å². The summed E-state index contributed by atoms with van der Waals surface area (Å²) >= 11 is 7.52. The molecule has 0 aliphatic heterocycles. The van der Waals surface area contributed by atoms with Crippen molar-refractivity contribution >= 4 is 29.3 Å². The van der Waals surface area contributed by atoms with Crippen molar-refractivity contribution in [3.05, 3.63) is 64.7 Å². The monoisotopic (exact) mass is 391 g/mol. The van der Waals surface area contributed by atoms with E-state index in [-0.39, 0.29) is 11.3 Å². The van der Waals surface area contributed by atoms with Crippen LogP contribution in [0.3, 0.4) is 0 Å². The van der Waals surface area contributed by atoms with Crippen LogP contribution in [0.4, 0.5) is 0 Å². The Morgan fingerprint density at radius 2 is 1.88 bits per heavy atom. The third kappa shape index (κ3) is 7.30. The average molecular weight is 392 g/mol. The molecule has 2 aromatic rings. The standard InChI is InChI=1S/C21H26ClNO2S/c1-21(2,3)17-7-9-19(10-8-17)25-12-11-23-20(24)15-26-14-16-5-4-6-18(22)13-16/h4-10,13H,11-12,14-15H2,1-3H3,(H,23,24). The first-order valence-corrected chi connectivity index (χ1v) is 10.2. The number of benzene rings is 2. The number of carbonyl (C=O) groups is 1. The van der Waals surface area contributed by atoms with Crippen LogP contribution >= 0.6 is 23.4 Å². The molecule has 0 bridgehead atoms. The molecule has 0 aromatic heterocycles. The second-order valence-electron chi connectivity index (χ2n) is 7.10. The van der Waals surface area contributed by atoms with Crippen molar-refractivity contribution in [1.29, 1.82) is 0 Å². The summed E-state index contributed by atoms with van der Waals surface area (Å²) in [6, 6.07) is 15.8. The van der Waals surface area contributed by atoms with Gasteiger partial charge in [0.25, 0.3) is 0 Å². The molecule has 5 heteroatoms. The summed E-state index contributed by atoms with van der Waals surface area (Å²) in [4.78, 5) is 11.9. The van der Waals surface area contributed by atoms with Crippen LogP contribution in [0.15, 0.2) is 48.5 Å². The molecule has 0 aliphatic carbocycles. The highest BCUT2D eigenvalue weighted by Gasteiger charge is 2.12. The molecular weight excluding hydrogens is 366 g/mol. The van der Waals surface area contributed by atoms with E-state index in [1.165, 1.54) is 5.56 Å². The molecule has 1 amide bonds. The molecule has 26 heavy (non-hydrogen) atoms. The summed E-state index contributed by atoms with van der Waals surface area (Å²) in [5.74, 6) is 2.03. The van der Waals surface area contributed by atoms with Crippen LogP contribution in [0, 0.1) is 0 Å². The molecule has 2 rings (SSSR count). The third-order valence-corrected chi connectivity index (χ3v) is 5.04. The van der Waals surface area contributed by atoms with Crippen molar-refractivity contribution in [2.45, 2.75) is 31.9 Å². The zero-order valence-electron chi connectivity index (χ0n) is 15.5. The molecule has 0 aliphatic rings. The van der Waals surface area contributed by atoms with Crippen LogP contribution < -0.4 is 10.1 Å². The summed E-state index contributed by atoms with van der Waals surface area (Å²) < 4.78 is 5.67. The second kappa shape index (κ2) is 9.89. The Morgan fingerprint density at radius 3 is 2.54 bits per heavy atom. The van der Waals surface area contributed by atoms with Gasteiger partial charge in [0, 0.05) is 10.8 Å². The molecule has 0 fully saturated rings. The third-order valence-electron chi connectivity index (χ3n) is 3.80. The number of halogens is 1. The van der Waals surface area contributed by atoms with Gasteiger partial charge in [-0.3, -0.25) is 4.79 Å². The van der Waals surface area contributed by atoms with Crippen molar-refractivity contribution in [3.63, 3.8) is 0 Å². The fraction of sp³-hybridized carbons (Fsp3) is 0.381. The highest BCUT2D eigenvalue weighted by molar-refractivity contribution is 7.99. The summed E-state index contributed by atoms with van der Waals surface area (Å²) in [6.45, 7) is 7.51. The summed E-state index contributed by atoms with van der Waals surface area (Å²) in [7, 11) is 0. The van der Waals surface area contributed by atoms with Crippen molar-refractivity contribution in [3.8, 4) is 5.75 Å². The molecule has 0 radical (unpaired) electrons. The topological polar surface area (TPSA) is 38.3 Å². The molecule has 0 spiro atoms. The van der Waals surface area contributed by atoms with E-state index in [1.54, 1.807) is 11.8 Å². The minimum atomic E-state index is 0.0173. The minimum Gasteiger partial charge on any atom is -0.492 e. The van der Waals surface area contributed by atoms with Crippen molar-refractivity contribution < 1.29 is 9.53 Å². The van der Waals surface area contributed by atoms with Crippen LogP contribution in [-0.2, 0) is 16.0 Å². The Bertz CT molecular complexity index is 711. The number of nitrogens with one attached hydrogen (secondary N) is 1. The summed E-state index contributed by atoms with van der Waals surface area (Å²) in [5, 5.41) is 3.60. The fourth-order valence-electron chi connectivity index (χ4n) is 2.35. The van der Waals surface area contributed by atoms with E-state index >= 15 is 0 Å². The number of hydrogen-bond donors (Lipinski definition) is 1. The average Bonchev–Trinajstić information content (AvgIpc) is 2.58. The van der Waals surface area contributed by atoms with E-state index in [1.807, 2.05) is 36.4 Å². The normalized spacial score (nSPS) is 11.2. The van der Waals surface area contributed by atoms with E-state index in [4.69, 9.17) is 16.3 Å². The lowest BCUT2D eigenvalue weighted by atomic mass is 9.87. The smallest absolute Gasteiger partial charge is 0.230 e. The number of ether oxygens (including phenoxy) is 1. The number of thioether (sulfide) groups is 1. The SMILES string of the molecule is CC(C)(C)c1ccc(OCCNC(=O)CSCc2cccc(Cl)c2)cc1. The van der Waals surface area contributed by atoms with Crippen molar-refractivity contribution in [1.82, 2.24) is 5.32 Å². The Morgan fingerprint density at radius 1 is 1.15 bits per heavy atom. The van der Waals surface area contributed by atoms with E-state index in [2.05, 4.69) is 38.2 Å². The Hall–Kier alpha value is -1.65. The fourth-order valence-corrected chi connectivity index (χ4v) is 3.37. The van der Waals surface area contributed by atoms with Crippen LogP contribution in [-0.4, -0.2) is 24.8 Å². The number of hydrogen-bond acceptors (Lipinski definition) is 3. The molecule has 1 N–H and O–H groups in total. The molecular formula is C21H26ClNO2S. The van der Waals surface area contributed by atoms with Gasteiger partial charge < -0.3 is 10.1 Å². The quantitative estimate of drug-likeness (QED) is 0.638. The van der Waals surface area contributed by atoms with E-state index < -0.39 is 0 Å². The molecule has 0 unspecified atom stereocenters. The summed E-state index contributed by atoms with van der Waals surface area (Å²) in [6.07, 6.45) is 0. The predicted octanol–water partition coefficient (Wildman–Crippen LogP) is 5.07. The molecule has 0 heterocycles.